The van der Waals surface area contributed by atoms with Gasteiger partial charge in [-0.1, -0.05) is 37.9 Å². The molecule has 0 bridgehead atoms. The van der Waals surface area contributed by atoms with Gasteiger partial charge in [-0.25, -0.2) is 0 Å². The van der Waals surface area contributed by atoms with Gasteiger partial charge in [-0.15, -0.1) is 0 Å². The van der Waals surface area contributed by atoms with Crippen LogP contribution >= 0.6 is 47.8 Å². The largest absolute Gasteiger partial charge is 0.497 e. The summed E-state index contributed by atoms with van der Waals surface area (Å²) in [5.41, 5.74) is 1.09. The maximum absolute atomic E-state index is 5.53. The zero-order valence-corrected chi connectivity index (χ0v) is 13.7. The van der Waals surface area contributed by atoms with Crippen molar-refractivity contribution in [1.29, 1.82) is 0 Å². The van der Waals surface area contributed by atoms with E-state index in [9.17, 15) is 0 Å². The van der Waals surface area contributed by atoms with Crippen LogP contribution in [0.3, 0.4) is 0 Å². The third-order valence-electron chi connectivity index (χ3n) is 2.32. The lowest BCUT2D eigenvalue weighted by atomic mass is 10.1. The van der Waals surface area contributed by atoms with Gasteiger partial charge in [0.05, 0.1) is 11.9 Å². The van der Waals surface area contributed by atoms with Gasteiger partial charge in [0.1, 0.15) is 11.5 Å². The summed E-state index contributed by atoms with van der Waals surface area (Å²) < 4.78 is 12.4. The number of benzene rings is 1. The molecule has 1 atom stereocenters. The van der Waals surface area contributed by atoms with Crippen LogP contribution in [0.25, 0.3) is 0 Å². The first kappa shape index (κ1) is 13.2. The van der Waals surface area contributed by atoms with Gasteiger partial charge in [0.25, 0.3) is 0 Å². The number of furan rings is 1. The number of halogens is 3. The van der Waals surface area contributed by atoms with Gasteiger partial charge in [0.15, 0.2) is 4.67 Å². The summed E-state index contributed by atoms with van der Waals surface area (Å²) in [5, 5.41) is 0. The van der Waals surface area contributed by atoms with Gasteiger partial charge in [0.2, 0.25) is 0 Å². The van der Waals surface area contributed by atoms with Crippen LogP contribution in [0.2, 0.25) is 0 Å². The minimum Gasteiger partial charge on any atom is -0.497 e. The van der Waals surface area contributed by atoms with Crippen molar-refractivity contribution in [1.82, 2.24) is 0 Å². The molecule has 1 aromatic carbocycles. The quantitative estimate of drug-likeness (QED) is 0.624. The Bertz CT molecular complexity index is 522. The average molecular weight is 425 g/mol. The minimum atomic E-state index is 0.00841. The Kier molecular flexibility index (Phi) is 4.33. The number of rotatable bonds is 3. The van der Waals surface area contributed by atoms with Crippen LogP contribution in [0.5, 0.6) is 5.75 Å². The van der Waals surface area contributed by atoms with Crippen LogP contribution in [0.1, 0.15) is 16.2 Å². The maximum Gasteiger partial charge on any atom is 0.169 e. The topological polar surface area (TPSA) is 22.4 Å². The van der Waals surface area contributed by atoms with E-state index in [4.69, 9.17) is 9.15 Å². The molecule has 0 saturated heterocycles. The fraction of sp³-hybridized carbons (Fsp3) is 0.167. The summed E-state index contributed by atoms with van der Waals surface area (Å²) in [7, 11) is 1.65. The summed E-state index contributed by atoms with van der Waals surface area (Å²) in [6, 6.07) is 9.66. The zero-order chi connectivity index (χ0) is 12.4. The van der Waals surface area contributed by atoms with Crippen molar-refractivity contribution in [2.75, 3.05) is 7.11 Å². The van der Waals surface area contributed by atoms with Gasteiger partial charge in [0, 0.05) is 4.47 Å². The molecule has 0 aliphatic carbocycles. The van der Waals surface area contributed by atoms with Crippen LogP contribution in [0.4, 0.5) is 0 Å². The smallest absolute Gasteiger partial charge is 0.169 e. The summed E-state index contributed by atoms with van der Waals surface area (Å²) >= 11 is 10.4. The second kappa shape index (κ2) is 5.59. The molecule has 1 unspecified atom stereocenters. The van der Waals surface area contributed by atoms with Crippen molar-refractivity contribution in [3.05, 3.63) is 50.8 Å². The van der Waals surface area contributed by atoms with Crippen molar-refractivity contribution >= 4 is 47.8 Å². The molecule has 17 heavy (non-hydrogen) atoms. The second-order valence-corrected chi connectivity index (χ2v) is 5.94. The van der Waals surface area contributed by atoms with Gasteiger partial charge in [-0.05, 0) is 45.8 Å². The summed E-state index contributed by atoms with van der Waals surface area (Å²) in [5.74, 6) is 1.67. The van der Waals surface area contributed by atoms with E-state index in [0.29, 0.717) is 0 Å². The third-order valence-corrected chi connectivity index (χ3v) is 4.38. The normalized spacial score (nSPS) is 12.5. The summed E-state index contributed by atoms with van der Waals surface area (Å²) in [4.78, 5) is 0.00841. The van der Waals surface area contributed by atoms with Gasteiger partial charge >= 0.3 is 0 Å². The molecule has 2 nitrogen and oxygen atoms in total. The molecule has 1 heterocycles. The number of methoxy groups -OCH3 is 1. The van der Waals surface area contributed by atoms with Crippen molar-refractivity contribution in [2.45, 2.75) is 4.83 Å². The highest BCUT2D eigenvalue weighted by Crippen LogP contribution is 2.38. The Morgan fingerprint density at radius 3 is 2.47 bits per heavy atom. The predicted molar refractivity (Wildman–Crippen MR) is 77.9 cm³/mol. The minimum absolute atomic E-state index is 0.00841. The number of hydrogen-bond acceptors (Lipinski definition) is 2. The SMILES string of the molecule is COc1ccc(C(Br)c2ccc(Br)o2)c(Br)c1. The van der Waals surface area contributed by atoms with Crippen LogP contribution in [-0.2, 0) is 0 Å². The molecule has 0 spiro atoms. The lowest BCUT2D eigenvalue weighted by molar-refractivity contribution is 0.414. The van der Waals surface area contributed by atoms with Crippen molar-refractivity contribution in [3.8, 4) is 5.75 Å². The molecule has 0 aliphatic rings. The highest BCUT2D eigenvalue weighted by Gasteiger charge is 2.17. The molecule has 0 fully saturated rings. The van der Waals surface area contributed by atoms with Crippen molar-refractivity contribution in [2.24, 2.45) is 0 Å². The lowest BCUT2D eigenvalue weighted by Gasteiger charge is -2.11. The van der Waals surface area contributed by atoms with Gasteiger partial charge in [-0.2, -0.15) is 0 Å². The van der Waals surface area contributed by atoms with E-state index in [1.54, 1.807) is 7.11 Å². The van der Waals surface area contributed by atoms with E-state index in [-0.39, 0.29) is 4.83 Å². The molecule has 2 rings (SSSR count). The van der Waals surface area contributed by atoms with E-state index >= 15 is 0 Å². The first-order valence-corrected chi connectivity index (χ1v) is 7.34. The second-order valence-electron chi connectivity index (χ2n) is 3.39. The predicted octanol–water partition coefficient (Wildman–Crippen LogP) is 5.30. The van der Waals surface area contributed by atoms with Gasteiger partial charge < -0.3 is 9.15 Å². The Balaban J connectivity index is 2.34. The Hall–Kier alpha value is -0.260. The van der Waals surface area contributed by atoms with E-state index < -0.39 is 0 Å². The molecule has 0 N–H and O–H groups in total. The molecule has 0 radical (unpaired) electrons. The molecule has 5 heteroatoms. The van der Waals surface area contributed by atoms with Crippen LogP contribution in [-0.4, -0.2) is 7.11 Å². The average Bonchev–Trinajstić information content (AvgIpc) is 2.75. The first-order chi connectivity index (χ1) is 8.11. The standard InChI is InChI=1S/C12H9Br3O2/c1-16-7-2-3-8(9(13)6-7)12(15)10-4-5-11(14)17-10/h2-6,12H,1H3. The Labute approximate surface area is 125 Å². The number of alkyl halides is 1. The fourth-order valence-corrected chi connectivity index (χ4v) is 3.32. The molecule has 2 aromatic rings. The van der Waals surface area contributed by atoms with E-state index in [1.165, 1.54) is 0 Å². The molecule has 0 amide bonds. The Morgan fingerprint density at radius 2 is 1.94 bits per heavy atom. The first-order valence-electron chi connectivity index (χ1n) is 4.84. The van der Waals surface area contributed by atoms with Crippen LogP contribution in [0, 0.1) is 0 Å². The molecular formula is C12H9Br3O2. The zero-order valence-electron chi connectivity index (χ0n) is 8.91. The van der Waals surface area contributed by atoms with E-state index in [2.05, 4.69) is 47.8 Å². The highest BCUT2D eigenvalue weighted by atomic mass is 79.9. The van der Waals surface area contributed by atoms with Crippen molar-refractivity contribution < 1.29 is 9.15 Å². The third kappa shape index (κ3) is 2.95. The Morgan fingerprint density at radius 1 is 1.18 bits per heavy atom. The molecule has 0 aliphatic heterocycles. The number of hydrogen-bond donors (Lipinski definition) is 0. The van der Waals surface area contributed by atoms with E-state index in [1.807, 2.05) is 30.3 Å². The lowest BCUT2D eigenvalue weighted by Crippen LogP contribution is -1.93. The number of ether oxygens (including phenoxy) is 1. The van der Waals surface area contributed by atoms with Crippen LogP contribution < -0.4 is 4.74 Å². The van der Waals surface area contributed by atoms with E-state index in [0.717, 1.165) is 26.2 Å². The van der Waals surface area contributed by atoms with Gasteiger partial charge in [-0.3, -0.25) is 0 Å². The molecule has 1 aromatic heterocycles. The monoisotopic (exact) mass is 422 g/mol. The summed E-state index contributed by atoms with van der Waals surface area (Å²) in [6.07, 6.45) is 0. The van der Waals surface area contributed by atoms with Crippen molar-refractivity contribution in [3.63, 3.8) is 0 Å². The molecule has 90 valence electrons. The highest BCUT2D eigenvalue weighted by molar-refractivity contribution is 9.11. The fourth-order valence-electron chi connectivity index (χ4n) is 1.46. The molecule has 0 saturated carbocycles. The van der Waals surface area contributed by atoms with Crippen LogP contribution in [0.15, 0.2) is 43.9 Å². The molecular weight excluding hydrogens is 416 g/mol. The summed E-state index contributed by atoms with van der Waals surface area (Å²) in [6.45, 7) is 0. The maximum atomic E-state index is 5.53.